The van der Waals surface area contributed by atoms with Crippen molar-refractivity contribution in [1.29, 1.82) is 0 Å². The second-order valence-corrected chi connectivity index (χ2v) is 7.18. The number of hydrogen-bond acceptors (Lipinski definition) is 5. The molecule has 2 atom stereocenters. The summed E-state index contributed by atoms with van der Waals surface area (Å²) in [5.41, 5.74) is 0.886. The van der Waals surface area contributed by atoms with Gasteiger partial charge in [-0.1, -0.05) is 35.0 Å². The summed E-state index contributed by atoms with van der Waals surface area (Å²) >= 11 is 3.34. The van der Waals surface area contributed by atoms with Crippen molar-refractivity contribution in [1.82, 2.24) is 0 Å². The molecule has 0 aliphatic carbocycles. The first-order chi connectivity index (χ1) is 13.3. The molecule has 0 bridgehead atoms. The normalized spacial score (nSPS) is 12.9. The van der Waals surface area contributed by atoms with Gasteiger partial charge in [0.1, 0.15) is 5.82 Å². The predicted octanol–water partition coefficient (Wildman–Crippen LogP) is 4.15. The van der Waals surface area contributed by atoms with E-state index < -0.39 is 35.5 Å². The molecule has 0 spiro atoms. The molecule has 2 aromatic carbocycles. The number of rotatable bonds is 7. The lowest BCUT2D eigenvalue weighted by atomic mass is 9.74. The lowest BCUT2D eigenvalue weighted by Crippen LogP contribution is -2.37. The maximum atomic E-state index is 13.2. The first-order valence-electron chi connectivity index (χ1n) is 8.51. The van der Waals surface area contributed by atoms with E-state index in [1.165, 1.54) is 38.5 Å². The van der Waals surface area contributed by atoms with Gasteiger partial charge in [-0.3, -0.25) is 14.4 Å². The maximum Gasteiger partial charge on any atom is 0.320 e. The predicted molar refractivity (Wildman–Crippen MR) is 104 cm³/mol. The Labute approximate surface area is 171 Å². The summed E-state index contributed by atoms with van der Waals surface area (Å²) < 4.78 is 23.6. The number of hydrogen-bond donors (Lipinski definition) is 0. The van der Waals surface area contributed by atoms with E-state index in [-0.39, 0.29) is 11.3 Å². The number of Topliss-reactive ketones (excluding diaryl/α,β-unsaturated/α-hetero) is 1. The van der Waals surface area contributed by atoms with Crippen LogP contribution in [0.25, 0.3) is 0 Å². The Balaban J connectivity index is 2.53. The summed E-state index contributed by atoms with van der Waals surface area (Å²) in [6, 6.07) is 12.1. The van der Waals surface area contributed by atoms with Crippen molar-refractivity contribution in [3.8, 4) is 0 Å². The number of carbonyl (C=O) groups excluding carboxylic acids is 3. The molecule has 0 saturated heterocycles. The summed E-state index contributed by atoms with van der Waals surface area (Å²) in [4.78, 5) is 37.8. The molecule has 0 radical (unpaired) electrons. The van der Waals surface area contributed by atoms with E-state index in [0.29, 0.717) is 5.56 Å². The fourth-order valence-corrected chi connectivity index (χ4v) is 3.40. The van der Waals surface area contributed by atoms with Crippen LogP contribution in [0.3, 0.4) is 0 Å². The molecule has 0 N–H and O–H groups in total. The third kappa shape index (κ3) is 4.84. The number of halogens is 2. The van der Waals surface area contributed by atoms with E-state index in [9.17, 15) is 18.8 Å². The van der Waals surface area contributed by atoms with Gasteiger partial charge >= 0.3 is 11.9 Å². The Hall–Kier alpha value is -2.54. The minimum absolute atomic E-state index is 0.282. The molecule has 7 heteroatoms. The zero-order chi connectivity index (χ0) is 20.8. The molecule has 0 aromatic heterocycles. The second kappa shape index (κ2) is 9.59. The lowest BCUT2D eigenvalue weighted by Gasteiger charge is -2.28. The van der Waals surface area contributed by atoms with Crippen LogP contribution in [-0.4, -0.2) is 31.9 Å². The van der Waals surface area contributed by atoms with Gasteiger partial charge in [0, 0.05) is 21.9 Å². The molecular formula is C21H20BrFO5. The van der Waals surface area contributed by atoms with E-state index in [1.807, 2.05) is 0 Å². The fourth-order valence-electron chi connectivity index (χ4n) is 3.14. The molecule has 0 fully saturated rings. The lowest BCUT2D eigenvalue weighted by molar-refractivity contribution is -0.160. The highest BCUT2D eigenvalue weighted by Crippen LogP contribution is 2.36. The van der Waals surface area contributed by atoms with E-state index in [4.69, 9.17) is 9.47 Å². The number of benzene rings is 2. The van der Waals surface area contributed by atoms with Crippen molar-refractivity contribution < 1.29 is 28.2 Å². The molecule has 28 heavy (non-hydrogen) atoms. The van der Waals surface area contributed by atoms with Crippen molar-refractivity contribution >= 4 is 33.7 Å². The van der Waals surface area contributed by atoms with Crippen LogP contribution in [0, 0.1) is 17.7 Å². The highest BCUT2D eigenvalue weighted by Gasteiger charge is 2.43. The number of methoxy groups -OCH3 is 2. The summed E-state index contributed by atoms with van der Waals surface area (Å²) in [5, 5.41) is 0. The van der Waals surface area contributed by atoms with Gasteiger partial charge in [0.25, 0.3) is 0 Å². The molecule has 0 heterocycles. The first-order valence-corrected chi connectivity index (χ1v) is 9.30. The molecule has 0 amide bonds. The van der Waals surface area contributed by atoms with Crippen molar-refractivity contribution in [3.63, 3.8) is 0 Å². The van der Waals surface area contributed by atoms with Gasteiger partial charge in [-0.2, -0.15) is 0 Å². The van der Waals surface area contributed by atoms with E-state index >= 15 is 0 Å². The van der Waals surface area contributed by atoms with Crippen molar-refractivity contribution in [3.05, 3.63) is 69.9 Å². The molecular weight excluding hydrogens is 431 g/mol. The minimum Gasteiger partial charge on any atom is -0.468 e. The van der Waals surface area contributed by atoms with Crippen LogP contribution in [0.4, 0.5) is 4.39 Å². The molecule has 5 nitrogen and oxygen atoms in total. The Morgan fingerprint density at radius 3 is 1.86 bits per heavy atom. The van der Waals surface area contributed by atoms with Crippen LogP contribution in [-0.2, 0) is 19.1 Å². The van der Waals surface area contributed by atoms with Crippen LogP contribution >= 0.6 is 15.9 Å². The third-order valence-corrected chi connectivity index (χ3v) is 5.13. The molecule has 0 aliphatic rings. The number of carbonyl (C=O) groups is 3. The highest BCUT2D eigenvalue weighted by atomic mass is 79.9. The molecule has 0 aliphatic heterocycles. The van der Waals surface area contributed by atoms with Gasteiger partial charge in [0.05, 0.1) is 14.2 Å². The molecule has 2 rings (SSSR count). The molecule has 2 unspecified atom stereocenters. The summed E-state index contributed by atoms with van der Waals surface area (Å²) in [7, 11) is 2.34. The zero-order valence-electron chi connectivity index (χ0n) is 15.6. The van der Waals surface area contributed by atoms with Crippen LogP contribution < -0.4 is 0 Å². The summed E-state index contributed by atoms with van der Waals surface area (Å²) in [5.74, 6) is -5.31. The van der Waals surface area contributed by atoms with Crippen molar-refractivity contribution in [2.75, 3.05) is 14.2 Å². The summed E-state index contributed by atoms with van der Waals surface area (Å²) in [6.07, 6.45) is 0. The number of ketones is 1. The standard InChI is InChI=1S/C21H20BrFO5/c1-12(19(24)14-6-10-16(23)11-7-14)17(13-4-8-15(22)9-5-13)18(20(25)27-2)21(26)28-3/h4-12,17-18H,1-3H3. The number of esters is 2. The smallest absolute Gasteiger partial charge is 0.320 e. The number of ether oxygens (including phenoxy) is 2. The molecule has 148 valence electrons. The van der Waals surface area contributed by atoms with Gasteiger partial charge in [0.15, 0.2) is 11.7 Å². The van der Waals surface area contributed by atoms with Gasteiger partial charge < -0.3 is 9.47 Å². The largest absolute Gasteiger partial charge is 0.468 e. The highest BCUT2D eigenvalue weighted by molar-refractivity contribution is 9.10. The average Bonchev–Trinajstić information content (AvgIpc) is 2.71. The van der Waals surface area contributed by atoms with Crippen LogP contribution in [0.2, 0.25) is 0 Å². The van der Waals surface area contributed by atoms with Gasteiger partial charge in [0.2, 0.25) is 0 Å². The Morgan fingerprint density at radius 2 is 1.39 bits per heavy atom. The van der Waals surface area contributed by atoms with E-state index in [1.54, 1.807) is 31.2 Å². The third-order valence-electron chi connectivity index (χ3n) is 4.61. The van der Waals surface area contributed by atoms with Crippen LogP contribution in [0.5, 0.6) is 0 Å². The summed E-state index contributed by atoms with van der Waals surface area (Å²) in [6.45, 7) is 1.62. The van der Waals surface area contributed by atoms with Gasteiger partial charge in [-0.05, 0) is 42.0 Å². The van der Waals surface area contributed by atoms with Crippen molar-refractivity contribution in [2.24, 2.45) is 11.8 Å². The SMILES string of the molecule is COC(=O)C(C(=O)OC)C(c1ccc(Br)cc1)C(C)C(=O)c1ccc(F)cc1. The topological polar surface area (TPSA) is 69.7 Å². The Morgan fingerprint density at radius 1 is 0.893 bits per heavy atom. The van der Waals surface area contributed by atoms with Gasteiger partial charge in [-0.25, -0.2) is 4.39 Å². The van der Waals surface area contributed by atoms with Crippen molar-refractivity contribution in [2.45, 2.75) is 12.8 Å². The minimum atomic E-state index is -1.32. The molecule has 0 saturated carbocycles. The Kier molecular flexibility index (Phi) is 7.45. The van der Waals surface area contributed by atoms with Crippen LogP contribution in [0.15, 0.2) is 53.0 Å². The zero-order valence-corrected chi connectivity index (χ0v) is 17.2. The fraction of sp³-hybridized carbons (Fsp3) is 0.286. The monoisotopic (exact) mass is 450 g/mol. The second-order valence-electron chi connectivity index (χ2n) is 6.26. The first kappa shape index (κ1) is 21.8. The Bertz CT molecular complexity index is 832. The maximum absolute atomic E-state index is 13.2. The quantitative estimate of drug-likeness (QED) is 0.360. The van der Waals surface area contributed by atoms with Crippen LogP contribution in [0.1, 0.15) is 28.8 Å². The van der Waals surface area contributed by atoms with Gasteiger partial charge in [-0.15, -0.1) is 0 Å². The average molecular weight is 451 g/mol. The van der Waals surface area contributed by atoms with E-state index in [2.05, 4.69) is 15.9 Å². The molecule has 2 aromatic rings. The van der Waals surface area contributed by atoms with E-state index in [0.717, 1.165) is 4.47 Å².